The van der Waals surface area contributed by atoms with Crippen LogP contribution in [0.4, 0.5) is 10.5 Å². The summed E-state index contributed by atoms with van der Waals surface area (Å²) in [4.78, 5) is 14.7. The Morgan fingerprint density at radius 2 is 1.92 bits per heavy atom. The van der Waals surface area contributed by atoms with Crippen molar-refractivity contribution in [1.29, 1.82) is 0 Å². The number of nitrogens with one attached hydrogen (secondary N) is 2. The van der Waals surface area contributed by atoms with E-state index in [2.05, 4.69) is 27.7 Å². The monoisotopic (exact) mass is 345 g/mol. The fourth-order valence-corrected chi connectivity index (χ4v) is 3.82. The lowest BCUT2D eigenvalue weighted by molar-refractivity contribution is 0.0825. The number of urea groups is 1. The van der Waals surface area contributed by atoms with Crippen LogP contribution in [0.25, 0.3) is 0 Å². The van der Waals surface area contributed by atoms with Crippen molar-refractivity contribution in [2.24, 2.45) is 5.92 Å². The summed E-state index contributed by atoms with van der Waals surface area (Å²) in [6.45, 7) is 4.59. The SMILES string of the molecule is O=C(NCc1ccccc1N1CCOCC1)N[C@H]1CCO[C@@H]1C1CC1. The third-order valence-electron chi connectivity index (χ3n) is 5.32. The molecule has 1 saturated carbocycles. The van der Waals surface area contributed by atoms with Gasteiger partial charge in [0.25, 0.3) is 0 Å². The van der Waals surface area contributed by atoms with Gasteiger partial charge in [-0.05, 0) is 36.8 Å². The summed E-state index contributed by atoms with van der Waals surface area (Å²) in [6.07, 6.45) is 3.60. The van der Waals surface area contributed by atoms with Gasteiger partial charge in [0.1, 0.15) is 0 Å². The van der Waals surface area contributed by atoms with Crippen molar-refractivity contribution in [1.82, 2.24) is 10.6 Å². The lowest BCUT2D eigenvalue weighted by Gasteiger charge is -2.30. The summed E-state index contributed by atoms with van der Waals surface area (Å²) in [5.74, 6) is 0.648. The number of para-hydroxylation sites is 1. The van der Waals surface area contributed by atoms with E-state index in [1.54, 1.807) is 0 Å². The maximum absolute atomic E-state index is 12.3. The molecular formula is C19H27N3O3. The third kappa shape index (κ3) is 4.07. The second-order valence-corrected chi connectivity index (χ2v) is 7.12. The van der Waals surface area contributed by atoms with Crippen LogP contribution < -0.4 is 15.5 Å². The van der Waals surface area contributed by atoms with Crippen LogP contribution in [-0.2, 0) is 16.0 Å². The number of benzene rings is 1. The Hall–Kier alpha value is -1.79. The highest BCUT2D eigenvalue weighted by atomic mass is 16.5. The molecule has 1 aliphatic carbocycles. The molecule has 25 heavy (non-hydrogen) atoms. The molecule has 6 heteroatoms. The van der Waals surface area contributed by atoms with Crippen LogP contribution in [-0.4, -0.2) is 51.1 Å². The fraction of sp³-hybridized carbons (Fsp3) is 0.632. The Kier molecular flexibility index (Phi) is 5.08. The number of anilines is 1. The van der Waals surface area contributed by atoms with Crippen LogP contribution in [0.3, 0.4) is 0 Å². The van der Waals surface area contributed by atoms with E-state index >= 15 is 0 Å². The first-order valence-electron chi connectivity index (χ1n) is 9.38. The predicted molar refractivity (Wildman–Crippen MR) is 95.7 cm³/mol. The molecule has 2 N–H and O–H groups in total. The molecule has 0 spiro atoms. The van der Waals surface area contributed by atoms with Gasteiger partial charge in [0.15, 0.2) is 0 Å². The number of carbonyl (C=O) groups excluding carboxylic acids is 1. The molecule has 2 heterocycles. The number of morpholine rings is 1. The minimum Gasteiger partial charge on any atom is -0.378 e. The average Bonchev–Trinajstić information content (AvgIpc) is 3.40. The molecule has 1 aromatic rings. The van der Waals surface area contributed by atoms with Crippen molar-refractivity contribution in [2.45, 2.75) is 38.0 Å². The van der Waals surface area contributed by atoms with Gasteiger partial charge in [-0.1, -0.05) is 18.2 Å². The Morgan fingerprint density at radius 1 is 1.12 bits per heavy atom. The molecule has 3 aliphatic rings. The van der Waals surface area contributed by atoms with Crippen LogP contribution in [0.2, 0.25) is 0 Å². The lowest BCUT2D eigenvalue weighted by atomic mass is 10.1. The molecule has 0 aromatic heterocycles. The normalized spacial score (nSPS) is 26.5. The van der Waals surface area contributed by atoms with Crippen molar-refractivity contribution < 1.29 is 14.3 Å². The fourth-order valence-electron chi connectivity index (χ4n) is 3.82. The zero-order valence-corrected chi connectivity index (χ0v) is 14.6. The van der Waals surface area contributed by atoms with Gasteiger partial charge < -0.3 is 25.0 Å². The Balaban J connectivity index is 1.32. The van der Waals surface area contributed by atoms with Crippen molar-refractivity contribution >= 4 is 11.7 Å². The lowest BCUT2D eigenvalue weighted by Crippen LogP contribution is -2.46. The number of carbonyl (C=O) groups is 1. The van der Waals surface area contributed by atoms with Gasteiger partial charge in [-0.3, -0.25) is 0 Å². The number of amides is 2. The molecule has 136 valence electrons. The molecule has 6 nitrogen and oxygen atoms in total. The Bertz CT molecular complexity index is 599. The minimum absolute atomic E-state index is 0.0991. The molecule has 4 rings (SSSR count). The predicted octanol–water partition coefficient (Wildman–Crippen LogP) is 1.89. The van der Waals surface area contributed by atoms with E-state index < -0.39 is 0 Å². The largest absolute Gasteiger partial charge is 0.378 e. The molecular weight excluding hydrogens is 318 g/mol. The average molecular weight is 345 g/mol. The zero-order chi connectivity index (χ0) is 17.1. The molecule has 1 aromatic carbocycles. The molecule has 3 fully saturated rings. The van der Waals surface area contributed by atoms with Gasteiger partial charge in [-0.15, -0.1) is 0 Å². The first-order valence-corrected chi connectivity index (χ1v) is 9.38. The highest BCUT2D eigenvalue weighted by Gasteiger charge is 2.41. The van der Waals surface area contributed by atoms with E-state index in [9.17, 15) is 4.79 Å². The van der Waals surface area contributed by atoms with Gasteiger partial charge in [0.05, 0.1) is 25.4 Å². The number of hydrogen-bond acceptors (Lipinski definition) is 4. The minimum atomic E-state index is -0.0991. The molecule has 0 radical (unpaired) electrons. The van der Waals surface area contributed by atoms with E-state index in [1.807, 2.05) is 12.1 Å². The summed E-state index contributed by atoms with van der Waals surface area (Å²) in [5, 5.41) is 6.13. The maximum Gasteiger partial charge on any atom is 0.315 e. The van der Waals surface area contributed by atoms with Crippen molar-refractivity contribution in [3.63, 3.8) is 0 Å². The smallest absolute Gasteiger partial charge is 0.315 e. The highest BCUT2D eigenvalue weighted by molar-refractivity contribution is 5.74. The highest BCUT2D eigenvalue weighted by Crippen LogP contribution is 2.38. The molecule has 2 amide bonds. The summed E-state index contributed by atoms with van der Waals surface area (Å²) in [7, 11) is 0. The zero-order valence-electron chi connectivity index (χ0n) is 14.6. The quantitative estimate of drug-likeness (QED) is 0.855. The van der Waals surface area contributed by atoms with Gasteiger partial charge in [0, 0.05) is 31.9 Å². The molecule has 2 aliphatic heterocycles. The van der Waals surface area contributed by atoms with Crippen LogP contribution in [0.1, 0.15) is 24.8 Å². The standard InChI is InChI=1S/C19H27N3O3/c23-19(21-16-7-10-25-18(16)14-5-6-14)20-13-15-3-1-2-4-17(15)22-8-11-24-12-9-22/h1-4,14,16,18H,5-13H2,(H2,20,21,23)/t16-,18+/m0/s1. The molecule has 2 atom stereocenters. The number of ether oxygens (including phenoxy) is 2. The molecule has 0 unspecified atom stereocenters. The van der Waals surface area contributed by atoms with E-state index in [0.717, 1.165) is 44.9 Å². The summed E-state index contributed by atoms with van der Waals surface area (Å²) >= 11 is 0. The van der Waals surface area contributed by atoms with E-state index in [0.29, 0.717) is 12.5 Å². The van der Waals surface area contributed by atoms with E-state index in [1.165, 1.54) is 18.5 Å². The van der Waals surface area contributed by atoms with Crippen LogP contribution in [0, 0.1) is 5.92 Å². The van der Waals surface area contributed by atoms with E-state index in [-0.39, 0.29) is 18.2 Å². The van der Waals surface area contributed by atoms with Gasteiger partial charge in [0.2, 0.25) is 0 Å². The second kappa shape index (κ2) is 7.62. The summed E-state index contributed by atoms with van der Waals surface area (Å²) < 4.78 is 11.2. The van der Waals surface area contributed by atoms with Crippen LogP contribution >= 0.6 is 0 Å². The first kappa shape index (κ1) is 16.7. The van der Waals surface area contributed by atoms with Crippen molar-refractivity contribution in [3.8, 4) is 0 Å². The van der Waals surface area contributed by atoms with Gasteiger partial charge in [-0.2, -0.15) is 0 Å². The van der Waals surface area contributed by atoms with Crippen molar-refractivity contribution in [3.05, 3.63) is 29.8 Å². The van der Waals surface area contributed by atoms with Gasteiger partial charge >= 0.3 is 6.03 Å². The molecule has 0 bridgehead atoms. The first-order chi connectivity index (χ1) is 12.3. The summed E-state index contributed by atoms with van der Waals surface area (Å²) in [5.41, 5.74) is 2.33. The Labute approximate surface area is 148 Å². The number of hydrogen-bond donors (Lipinski definition) is 2. The van der Waals surface area contributed by atoms with Crippen molar-refractivity contribution in [2.75, 3.05) is 37.8 Å². The maximum atomic E-state index is 12.3. The molecule has 2 saturated heterocycles. The van der Waals surface area contributed by atoms with E-state index in [4.69, 9.17) is 9.47 Å². The number of nitrogens with zero attached hydrogens (tertiary/aromatic N) is 1. The summed E-state index contributed by atoms with van der Waals surface area (Å²) in [6, 6.07) is 8.32. The Morgan fingerprint density at radius 3 is 2.72 bits per heavy atom. The second-order valence-electron chi connectivity index (χ2n) is 7.12. The van der Waals surface area contributed by atoms with Crippen LogP contribution in [0.15, 0.2) is 24.3 Å². The van der Waals surface area contributed by atoms with Gasteiger partial charge in [-0.25, -0.2) is 4.79 Å². The topological polar surface area (TPSA) is 62.8 Å². The van der Waals surface area contributed by atoms with Crippen LogP contribution in [0.5, 0.6) is 0 Å². The number of rotatable bonds is 5. The third-order valence-corrected chi connectivity index (χ3v) is 5.32.